The van der Waals surface area contributed by atoms with Gasteiger partial charge in [-0.25, -0.2) is 0 Å². The van der Waals surface area contributed by atoms with Crippen molar-refractivity contribution in [3.8, 4) is 0 Å². The second-order valence-electron chi connectivity index (χ2n) is 2.54. The molecule has 2 heteroatoms. The minimum absolute atomic E-state index is 0.771. The Hall–Kier alpha value is -1.28. The summed E-state index contributed by atoms with van der Waals surface area (Å²) in [5.74, 6) is 0. The quantitative estimate of drug-likeness (QED) is 0.498. The average molecular weight is 163 g/mol. The molecule has 0 N–H and O–H groups in total. The first-order chi connectivity index (χ1) is 5.83. The highest BCUT2D eigenvalue weighted by molar-refractivity contribution is 5.13. The fourth-order valence-corrected chi connectivity index (χ4v) is 1.01. The number of hydroxylamine groups is 2. The standard InChI is InChI=1S/C10H13NO/c1-3-12-11(2)9-10-7-5-4-6-8-10/h3-8H,1,9H2,2H3. The third-order valence-corrected chi connectivity index (χ3v) is 1.50. The van der Waals surface area contributed by atoms with E-state index in [1.165, 1.54) is 11.8 Å². The zero-order valence-electron chi connectivity index (χ0n) is 7.23. The predicted molar refractivity (Wildman–Crippen MR) is 49.2 cm³/mol. The summed E-state index contributed by atoms with van der Waals surface area (Å²) in [6.45, 7) is 4.25. The summed E-state index contributed by atoms with van der Waals surface area (Å²) in [6, 6.07) is 10.1. The molecule has 0 saturated heterocycles. The van der Waals surface area contributed by atoms with E-state index in [1.807, 2.05) is 25.2 Å². The second-order valence-corrected chi connectivity index (χ2v) is 2.54. The van der Waals surface area contributed by atoms with E-state index in [0.717, 1.165) is 6.54 Å². The van der Waals surface area contributed by atoms with E-state index in [-0.39, 0.29) is 0 Å². The minimum Gasteiger partial charge on any atom is -0.414 e. The van der Waals surface area contributed by atoms with E-state index in [1.54, 1.807) is 5.06 Å². The Morgan fingerprint density at radius 2 is 2.08 bits per heavy atom. The van der Waals surface area contributed by atoms with Gasteiger partial charge >= 0.3 is 0 Å². The summed E-state index contributed by atoms with van der Waals surface area (Å²) in [6.07, 6.45) is 1.42. The molecule has 0 amide bonds. The molecular weight excluding hydrogens is 150 g/mol. The zero-order valence-corrected chi connectivity index (χ0v) is 7.23. The first kappa shape index (κ1) is 8.81. The topological polar surface area (TPSA) is 12.5 Å². The maximum atomic E-state index is 5.04. The molecule has 0 radical (unpaired) electrons. The van der Waals surface area contributed by atoms with E-state index in [2.05, 4.69) is 18.7 Å². The molecule has 0 spiro atoms. The van der Waals surface area contributed by atoms with Gasteiger partial charge in [0.2, 0.25) is 0 Å². The van der Waals surface area contributed by atoms with Gasteiger partial charge in [0.15, 0.2) is 0 Å². The van der Waals surface area contributed by atoms with E-state index < -0.39 is 0 Å². The fraction of sp³-hybridized carbons (Fsp3) is 0.200. The number of hydrogen-bond donors (Lipinski definition) is 0. The highest BCUT2D eigenvalue weighted by Crippen LogP contribution is 2.02. The molecule has 0 aliphatic rings. The molecule has 1 rings (SSSR count). The molecule has 0 unspecified atom stereocenters. The highest BCUT2D eigenvalue weighted by atomic mass is 16.7. The van der Waals surface area contributed by atoms with Crippen molar-refractivity contribution in [1.29, 1.82) is 0 Å². The molecule has 0 bridgehead atoms. The largest absolute Gasteiger partial charge is 0.414 e. The first-order valence-corrected chi connectivity index (χ1v) is 3.85. The van der Waals surface area contributed by atoms with Crippen LogP contribution in [0.15, 0.2) is 43.2 Å². The minimum atomic E-state index is 0.771. The van der Waals surface area contributed by atoms with Crippen LogP contribution in [0.2, 0.25) is 0 Å². The highest BCUT2D eigenvalue weighted by Gasteiger charge is 1.96. The van der Waals surface area contributed by atoms with Crippen molar-refractivity contribution in [3.63, 3.8) is 0 Å². The SMILES string of the molecule is C=CON(C)Cc1ccccc1. The van der Waals surface area contributed by atoms with Gasteiger partial charge in [-0.1, -0.05) is 36.9 Å². The molecule has 0 heterocycles. The Kier molecular flexibility index (Phi) is 3.35. The van der Waals surface area contributed by atoms with Crippen LogP contribution in [0, 0.1) is 0 Å². The third-order valence-electron chi connectivity index (χ3n) is 1.50. The lowest BCUT2D eigenvalue weighted by Gasteiger charge is -2.13. The number of rotatable bonds is 4. The monoisotopic (exact) mass is 163 g/mol. The van der Waals surface area contributed by atoms with E-state index in [4.69, 9.17) is 4.84 Å². The van der Waals surface area contributed by atoms with Gasteiger partial charge in [0.1, 0.15) is 6.26 Å². The molecule has 0 aliphatic carbocycles. The van der Waals surface area contributed by atoms with Gasteiger partial charge in [-0.05, 0) is 5.56 Å². The zero-order chi connectivity index (χ0) is 8.81. The molecule has 2 nitrogen and oxygen atoms in total. The summed E-state index contributed by atoms with van der Waals surface area (Å²) in [4.78, 5) is 5.04. The van der Waals surface area contributed by atoms with Crippen molar-refractivity contribution >= 4 is 0 Å². The van der Waals surface area contributed by atoms with Gasteiger partial charge < -0.3 is 4.84 Å². The summed E-state index contributed by atoms with van der Waals surface area (Å²) in [7, 11) is 1.87. The van der Waals surface area contributed by atoms with Crippen molar-refractivity contribution in [2.75, 3.05) is 7.05 Å². The van der Waals surface area contributed by atoms with Crippen molar-refractivity contribution in [2.24, 2.45) is 0 Å². The molecule has 1 aromatic rings. The molecule has 0 saturated carbocycles. The van der Waals surface area contributed by atoms with Crippen LogP contribution in [0.5, 0.6) is 0 Å². The summed E-state index contributed by atoms with van der Waals surface area (Å²) < 4.78 is 0. The Morgan fingerprint density at radius 3 is 2.67 bits per heavy atom. The molecular formula is C10H13NO. The maximum Gasteiger partial charge on any atom is 0.104 e. The van der Waals surface area contributed by atoms with Crippen LogP contribution < -0.4 is 0 Å². The smallest absolute Gasteiger partial charge is 0.104 e. The fourth-order valence-electron chi connectivity index (χ4n) is 1.01. The van der Waals surface area contributed by atoms with Crippen LogP contribution in [0.3, 0.4) is 0 Å². The van der Waals surface area contributed by atoms with E-state index in [0.29, 0.717) is 0 Å². The maximum absolute atomic E-state index is 5.04. The Morgan fingerprint density at radius 1 is 1.42 bits per heavy atom. The average Bonchev–Trinajstić information content (AvgIpc) is 2.06. The molecule has 0 aliphatic heterocycles. The summed E-state index contributed by atoms with van der Waals surface area (Å²) in [5, 5.41) is 1.72. The van der Waals surface area contributed by atoms with Gasteiger partial charge in [-0.2, -0.15) is 0 Å². The predicted octanol–water partition coefficient (Wildman–Crippen LogP) is 2.19. The van der Waals surface area contributed by atoms with Gasteiger partial charge in [0, 0.05) is 7.05 Å². The molecule has 0 atom stereocenters. The van der Waals surface area contributed by atoms with Crippen LogP contribution in [-0.4, -0.2) is 12.1 Å². The summed E-state index contributed by atoms with van der Waals surface area (Å²) in [5.41, 5.74) is 1.22. The van der Waals surface area contributed by atoms with Gasteiger partial charge in [-0.15, -0.1) is 5.06 Å². The van der Waals surface area contributed by atoms with Crippen molar-refractivity contribution in [1.82, 2.24) is 5.06 Å². The summed E-state index contributed by atoms with van der Waals surface area (Å²) >= 11 is 0. The number of benzene rings is 1. The number of nitrogens with zero attached hydrogens (tertiary/aromatic N) is 1. The molecule has 1 aromatic carbocycles. The van der Waals surface area contributed by atoms with Gasteiger partial charge in [0.05, 0.1) is 6.54 Å². The van der Waals surface area contributed by atoms with Gasteiger partial charge in [0.25, 0.3) is 0 Å². The number of hydrogen-bond acceptors (Lipinski definition) is 2. The molecule has 0 fully saturated rings. The molecule has 64 valence electrons. The Bertz CT molecular complexity index is 233. The van der Waals surface area contributed by atoms with Gasteiger partial charge in [-0.3, -0.25) is 0 Å². The van der Waals surface area contributed by atoms with Crippen molar-refractivity contribution < 1.29 is 4.84 Å². The van der Waals surface area contributed by atoms with Crippen LogP contribution >= 0.6 is 0 Å². The van der Waals surface area contributed by atoms with Crippen molar-refractivity contribution in [3.05, 3.63) is 48.7 Å². The molecule has 0 aromatic heterocycles. The second kappa shape index (κ2) is 4.57. The Labute approximate surface area is 73.0 Å². The van der Waals surface area contributed by atoms with Crippen molar-refractivity contribution in [2.45, 2.75) is 6.54 Å². The lowest BCUT2D eigenvalue weighted by molar-refractivity contribution is -0.0864. The van der Waals surface area contributed by atoms with E-state index >= 15 is 0 Å². The van der Waals surface area contributed by atoms with Crippen LogP contribution in [-0.2, 0) is 11.4 Å². The lowest BCUT2D eigenvalue weighted by atomic mass is 10.2. The normalized spacial score (nSPS) is 9.83. The molecule has 12 heavy (non-hydrogen) atoms. The van der Waals surface area contributed by atoms with Crippen LogP contribution in [0.4, 0.5) is 0 Å². The van der Waals surface area contributed by atoms with Crippen LogP contribution in [0.1, 0.15) is 5.56 Å². The van der Waals surface area contributed by atoms with E-state index in [9.17, 15) is 0 Å². The first-order valence-electron chi connectivity index (χ1n) is 3.85. The Balaban J connectivity index is 2.46. The van der Waals surface area contributed by atoms with Crippen LogP contribution in [0.25, 0.3) is 0 Å². The lowest BCUT2D eigenvalue weighted by Crippen LogP contribution is -2.14. The third kappa shape index (κ3) is 2.76.